The number of imide groups is 1. The van der Waals surface area contributed by atoms with Gasteiger partial charge in [0.15, 0.2) is 0 Å². The second-order valence-electron chi connectivity index (χ2n) is 5.49. The minimum absolute atomic E-state index is 0.0419. The molecule has 1 N–H and O–H groups in total. The maximum absolute atomic E-state index is 12.6. The van der Waals surface area contributed by atoms with Gasteiger partial charge in [-0.15, -0.1) is 0 Å². The number of hydrogen-bond acceptors (Lipinski definition) is 4. The van der Waals surface area contributed by atoms with E-state index in [2.05, 4.69) is 0 Å². The number of rotatable bonds is 4. The maximum atomic E-state index is 12.6. The summed E-state index contributed by atoms with van der Waals surface area (Å²) in [5, 5.41) is 11.2. The molecule has 1 aliphatic rings. The lowest BCUT2D eigenvalue weighted by molar-refractivity contribution is -0.121. The number of carbonyl (C=O) groups excluding carboxylic acids is 2. The summed E-state index contributed by atoms with van der Waals surface area (Å²) in [6.45, 7) is 2.04. The summed E-state index contributed by atoms with van der Waals surface area (Å²) in [4.78, 5) is 26.0. The van der Waals surface area contributed by atoms with Crippen molar-refractivity contribution in [1.29, 1.82) is 0 Å². The molecule has 2 amide bonds. The van der Waals surface area contributed by atoms with Crippen LogP contribution in [0.2, 0.25) is 0 Å². The zero-order valence-corrected chi connectivity index (χ0v) is 12.8. The zero-order valence-electron chi connectivity index (χ0n) is 12.8. The van der Waals surface area contributed by atoms with Gasteiger partial charge >= 0.3 is 0 Å². The van der Waals surface area contributed by atoms with Gasteiger partial charge in [0.2, 0.25) is 5.91 Å². The number of benzene rings is 2. The van der Waals surface area contributed by atoms with Crippen molar-refractivity contribution in [1.82, 2.24) is 0 Å². The Balaban J connectivity index is 1.84. The highest BCUT2D eigenvalue weighted by atomic mass is 16.5. The van der Waals surface area contributed by atoms with Crippen LogP contribution >= 0.6 is 0 Å². The van der Waals surface area contributed by atoms with Crippen LogP contribution in [0, 0.1) is 0 Å². The fraction of sp³-hybridized carbons (Fsp3) is 0.222. The predicted molar refractivity (Wildman–Crippen MR) is 87.4 cm³/mol. The van der Waals surface area contributed by atoms with Crippen molar-refractivity contribution in [3.63, 3.8) is 0 Å². The monoisotopic (exact) mass is 310 g/mol. The summed E-state index contributed by atoms with van der Waals surface area (Å²) in [7, 11) is 0. The van der Waals surface area contributed by atoms with Gasteiger partial charge < -0.3 is 0 Å². The van der Waals surface area contributed by atoms with Crippen molar-refractivity contribution in [2.45, 2.75) is 25.8 Å². The van der Waals surface area contributed by atoms with E-state index >= 15 is 0 Å². The summed E-state index contributed by atoms with van der Waals surface area (Å²) in [6.07, 6.45) is 0.850. The van der Waals surface area contributed by atoms with Gasteiger partial charge in [-0.25, -0.2) is 9.96 Å². The molecule has 1 atom stereocenters. The molecule has 118 valence electrons. The van der Waals surface area contributed by atoms with E-state index in [9.17, 15) is 14.8 Å². The van der Waals surface area contributed by atoms with E-state index in [4.69, 9.17) is 0 Å². The van der Waals surface area contributed by atoms with Crippen LogP contribution in [-0.2, 0) is 16.0 Å². The molecule has 2 aromatic carbocycles. The van der Waals surface area contributed by atoms with E-state index in [1.54, 1.807) is 36.4 Å². The first-order valence-corrected chi connectivity index (χ1v) is 7.60. The third kappa shape index (κ3) is 2.83. The molecule has 1 aliphatic heterocycles. The maximum Gasteiger partial charge on any atom is 0.259 e. The summed E-state index contributed by atoms with van der Waals surface area (Å²) in [5.74, 6) is -0.718. The zero-order chi connectivity index (χ0) is 16.4. The van der Waals surface area contributed by atoms with Crippen molar-refractivity contribution < 1.29 is 14.8 Å². The van der Waals surface area contributed by atoms with E-state index in [0.717, 1.165) is 21.9 Å². The van der Waals surface area contributed by atoms with Crippen molar-refractivity contribution in [2.24, 2.45) is 0 Å². The molecule has 0 aliphatic carbocycles. The van der Waals surface area contributed by atoms with Gasteiger partial charge in [0.1, 0.15) is 6.04 Å². The van der Waals surface area contributed by atoms with Crippen LogP contribution in [0.3, 0.4) is 0 Å². The molecular weight excluding hydrogens is 292 g/mol. The molecule has 1 fully saturated rings. The van der Waals surface area contributed by atoms with Crippen LogP contribution < -0.4 is 9.96 Å². The van der Waals surface area contributed by atoms with Gasteiger partial charge in [-0.3, -0.25) is 14.8 Å². The normalized spacial score (nSPS) is 17.7. The lowest BCUT2D eigenvalue weighted by atomic mass is 10.1. The van der Waals surface area contributed by atoms with Crippen LogP contribution in [0.25, 0.3) is 0 Å². The highest BCUT2D eigenvalue weighted by Gasteiger charge is 2.43. The molecule has 0 spiro atoms. The molecule has 0 aromatic heterocycles. The fourth-order valence-electron chi connectivity index (χ4n) is 2.72. The number of carbonyl (C=O) groups is 2. The highest BCUT2D eigenvalue weighted by Crippen LogP contribution is 2.27. The lowest BCUT2D eigenvalue weighted by Crippen LogP contribution is -2.40. The predicted octanol–water partition coefficient (Wildman–Crippen LogP) is 2.78. The number of nitrogens with zero attached hydrogens (tertiary/aromatic N) is 2. The SMILES string of the molecule is CCc1ccc(N2C(=O)C[C@@H](N(O)c3ccccc3)C2=O)cc1. The first-order valence-electron chi connectivity index (χ1n) is 7.60. The molecule has 2 aromatic rings. The molecule has 5 nitrogen and oxygen atoms in total. The van der Waals surface area contributed by atoms with Gasteiger partial charge in [0, 0.05) is 0 Å². The molecule has 5 heteroatoms. The quantitative estimate of drug-likeness (QED) is 0.697. The number of anilines is 2. The first kappa shape index (κ1) is 15.2. The third-order valence-electron chi connectivity index (χ3n) is 4.04. The van der Waals surface area contributed by atoms with Crippen LogP contribution in [-0.4, -0.2) is 23.1 Å². The molecule has 3 rings (SSSR count). The Morgan fingerprint density at radius 2 is 1.74 bits per heavy atom. The van der Waals surface area contributed by atoms with E-state index in [0.29, 0.717) is 11.4 Å². The Hall–Kier alpha value is -2.66. The molecule has 1 heterocycles. The fourth-order valence-corrected chi connectivity index (χ4v) is 2.72. The van der Waals surface area contributed by atoms with E-state index in [1.807, 2.05) is 25.1 Å². The summed E-state index contributed by atoms with van der Waals surface area (Å²) < 4.78 is 0. The Morgan fingerprint density at radius 3 is 2.35 bits per heavy atom. The number of hydroxylamine groups is 1. The molecule has 0 radical (unpaired) electrons. The van der Waals surface area contributed by atoms with Gasteiger partial charge in [-0.1, -0.05) is 37.3 Å². The van der Waals surface area contributed by atoms with Gasteiger partial charge in [-0.05, 0) is 36.2 Å². The summed E-state index contributed by atoms with van der Waals surface area (Å²) in [5.41, 5.74) is 2.17. The van der Waals surface area contributed by atoms with Crippen LogP contribution in [0.5, 0.6) is 0 Å². The number of amides is 2. The standard InChI is InChI=1S/C18H18N2O3/c1-2-13-8-10-14(11-9-13)19-17(21)12-16(18(19)22)20(23)15-6-4-3-5-7-15/h3-11,16,23H,2,12H2,1H3/t16-/m1/s1. The van der Waals surface area contributed by atoms with Crippen molar-refractivity contribution in [3.05, 3.63) is 60.2 Å². The smallest absolute Gasteiger partial charge is 0.259 e. The average Bonchev–Trinajstić information content (AvgIpc) is 2.89. The second-order valence-corrected chi connectivity index (χ2v) is 5.49. The number of para-hydroxylation sites is 1. The highest BCUT2D eigenvalue weighted by molar-refractivity contribution is 6.23. The number of hydrogen-bond donors (Lipinski definition) is 1. The van der Waals surface area contributed by atoms with E-state index in [1.165, 1.54) is 0 Å². The Bertz CT molecular complexity index is 713. The minimum Gasteiger partial charge on any atom is -0.288 e. The molecular formula is C18H18N2O3. The van der Waals surface area contributed by atoms with E-state index in [-0.39, 0.29) is 12.3 Å². The van der Waals surface area contributed by atoms with E-state index < -0.39 is 11.9 Å². The molecule has 23 heavy (non-hydrogen) atoms. The molecule has 0 saturated carbocycles. The second kappa shape index (κ2) is 6.22. The minimum atomic E-state index is -0.893. The van der Waals surface area contributed by atoms with Crippen molar-refractivity contribution in [2.75, 3.05) is 9.96 Å². The third-order valence-corrected chi connectivity index (χ3v) is 4.04. The molecule has 1 saturated heterocycles. The van der Waals surface area contributed by atoms with Gasteiger partial charge in [0.25, 0.3) is 5.91 Å². The Labute approximate surface area is 134 Å². The lowest BCUT2D eigenvalue weighted by Gasteiger charge is -2.22. The van der Waals surface area contributed by atoms with Gasteiger partial charge in [-0.2, -0.15) is 0 Å². The Morgan fingerprint density at radius 1 is 1.09 bits per heavy atom. The van der Waals surface area contributed by atoms with Crippen molar-refractivity contribution in [3.8, 4) is 0 Å². The van der Waals surface area contributed by atoms with Crippen LogP contribution in [0.15, 0.2) is 54.6 Å². The molecule has 0 bridgehead atoms. The topological polar surface area (TPSA) is 60.9 Å². The number of aryl methyl sites for hydroxylation is 1. The van der Waals surface area contributed by atoms with Crippen molar-refractivity contribution >= 4 is 23.2 Å². The van der Waals surface area contributed by atoms with Crippen LogP contribution in [0.4, 0.5) is 11.4 Å². The molecule has 0 unspecified atom stereocenters. The van der Waals surface area contributed by atoms with Gasteiger partial charge in [0.05, 0.1) is 17.8 Å². The largest absolute Gasteiger partial charge is 0.288 e. The summed E-state index contributed by atoms with van der Waals surface area (Å²) >= 11 is 0. The average molecular weight is 310 g/mol. The Kier molecular flexibility index (Phi) is 4.12. The summed E-state index contributed by atoms with van der Waals surface area (Å²) in [6, 6.07) is 15.2. The first-order chi connectivity index (χ1) is 11.1. The van der Waals surface area contributed by atoms with Crippen LogP contribution in [0.1, 0.15) is 18.9 Å².